The minimum absolute atomic E-state index is 0.0318. The van der Waals surface area contributed by atoms with E-state index in [9.17, 15) is 14.0 Å². The van der Waals surface area contributed by atoms with Crippen molar-refractivity contribution in [1.82, 2.24) is 9.80 Å². The Morgan fingerprint density at radius 1 is 1.14 bits per heavy atom. The number of piperidine rings is 1. The Bertz CT molecular complexity index is 894. The van der Waals surface area contributed by atoms with Crippen molar-refractivity contribution < 1.29 is 14.0 Å². The van der Waals surface area contributed by atoms with Gasteiger partial charge < -0.3 is 4.79 Å². The van der Waals surface area contributed by atoms with Gasteiger partial charge >= 0.3 is 0 Å². The number of fused-ring (bicyclic) bond motifs is 1. The summed E-state index contributed by atoms with van der Waals surface area (Å²) in [6.07, 6.45) is 3.07. The quantitative estimate of drug-likeness (QED) is 0.479. The number of carbonyl (C=O) groups is 2. The van der Waals surface area contributed by atoms with Crippen molar-refractivity contribution in [2.45, 2.75) is 25.4 Å². The van der Waals surface area contributed by atoms with Crippen LogP contribution in [0.4, 0.5) is 4.39 Å². The number of Topliss-reactive ketones (excluding diaryl/α,β-unsaturated/α-hetero) is 1. The summed E-state index contributed by atoms with van der Waals surface area (Å²) in [6, 6.07) is 11.6. The molecule has 0 radical (unpaired) electrons. The molecule has 0 spiro atoms. The monoisotopic (exact) mass is 458 g/mol. The van der Waals surface area contributed by atoms with Crippen LogP contribution in [0.25, 0.3) is 0 Å². The predicted octanol–water partition coefficient (Wildman–Crippen LogP) is 4.24. The standard InChI is InChI=1S/C23H24BrFN2O2/c24-21-3-1-2-19-20(21)13-27(22(19)15-28)12-16-8-10-26(11-9-16)14-23(29)17-4-6-18(25)7-5-17/h1-7,15-16,22H,8-14H2. The second-order valence-electron chi connectivity index (χ2n) is 7.97. The molecular weight excluding hydrogens is 435 g/mol. The molecule has 0 aliphatic carbocycles. The molecule has 0 bridgehead atoms. The van der Waals surface area contributed by atoms with Crippen molar-refractivity contribution in [3.8, 4) is 0 Å². The molecular formula is C23H24BrFN2O2. The van der Waals surface area contributed by atoms with Gasteiger partial charge in [-0.2, -0.15) is 0 Å². The number of likely N-dealkylation sites (tertiary alicyclic amines) is 1. The van der Waals surface area contributed by atoms with Crippen LogP contribution in [0.2, 0.25) is 0 Å². The molecule has 0 aromatic heterocycles. The Morgan fingerprint density at radius 2 is 1.86 bits per heavy atom. The molecule has 4 nitrogen and oxygen atoms in total. The first kappa shape index (κ1) is 20.4. The number of aldehydes is 1. The Labute approximate surface area is 178 Å². The maximum absolute atomic E-state index is 13.0. The largest absolute Gasteiger partial charge is 0.301 e. The van der Waals surface area contributed by atoms with Gasteiger partial charge in [-0.15, -0.1) is 0 Å². The summed E-state index contributed by atoms with van der Waals surface area (Å²) < 4.78 is 14.1. The van der Waals surface area contributed by atoms with E-state index in [1.807, 2.05) is 18.2 Å². The highest BCUT2D eigenvalue weighted by molar-refractivity contribution is 9.10. The Kier molecular flexibility index (Phi) is 6.23. The van der Waals surface area contributed by atoms with Crippen molar-refractivity contribution in [1.29, 1.82) is 0 Å². The van der Waals surface area contributed by atoms with E-state index in [2.05, 4.69) is 25.7 Å². The van der Waals surface area contributed by atoms with E-state index in [0.717, 1.165) is 55.3 Å². The summed E-state index contributed by atoms with van der Waals surface area (Å²) in [5.74, 6) is 0.221. The highest BCUT2D eigenvalue weighted by Crippen LogP contribution is 2.37. The molecule has 1 saturated heterocycles. The van der Waals surface area contributed by atoms with Crippen LogP contribution in [0.15, 0.2) is 46.9 Å². The first-order valence-corrected chi connectivity index (χ1v) is 10.8. The Balaban J connectivity index is 1.30. The number of benzene rings is 2. The van der Waals surface area contributed by atoms with Gasteiger partial charge in [-0.25, -0.2) is 4.39 Å². The van der Waals surface area contributed by atoms with E-state index in [0.29, 0.717) is 18.0 Å². The van der Waals surface area contributed by atoms with E-state index in [1.165, 1.54) is 17.7 Å². The van der Waals surface area contributed by atoms with Gasteiger partial charge in [0.25, 0.3) is 0 Å². The zero-order valence-corrected chi connectivity index (χ0v) is 17.8. The fraction of sp³-hybridized carbons (Fsp3) is 0.391. The lowest BCUT2D eigenvalue weighted by Crippen LogP contribution is -2.40. The third-order valence-corrected chi connectivity index (χ3v) is 6.83. The molecule has 0 N–H and O–H groups in total. The zero-order valence-electron chi connectivity index (χ0n) is 16.2. The lowest BCUT2D eigenvalue weighted by atomic mass is 9.95. The van der Waals surface area contributed by atoms with Crippen LogP contribution in [0.5, 0.6) is 0 Å². The van der Waals surface area contributed by atoms with Gasteiger partial charge in [0.15, 0.2) is 5.78 Å². The van der Waals surface area contributed by atoms with Gasteiger partial charge in [0.1, 0.15) is 12.1 Å². The Hall–Kier alpha value is -1.89. The van der Waals surface area contributed by atoms with Gasteiger partial charge in [0.05, 0.1) is 12.6 Å². The lowest BCUT2D eigenvalue weighted by molar-refractivity contribution is -0.112. The summed E-state index contributed by atoms with van der Waals surface area (Å²) in [6.45, 7) is 3.80. The summed E-state index contributed by atoms with van der Waals surface area (Å²) >= 11 is 3.61. The highest BCUT2D eigenvalue weighted by atomic mass is 79.9. The van der Waals surface area contributed by atoms with Crippen molar-refractivity contribution in [2.75, 3.05) is 26.2 Å². The topological polar surface area (TPSA) is 40.6 Å². The average molecular weight is 459 g/mol. The van der Waals surface area contributed by atoms with Crippen molar-refractivity contribution >= 4 is 28.0 Å². The van der Waals surface area contributed by atoms with E-state index in [1.54, 1.807) is 12.1 Å². The molecule has 152 valence electrons. The van der Waals surface area contributed by atoms with E-state index >= 15 is 0 Å². The van der Waals surface area contributed by atoms with Gasteiger partial charge in [-0.1, -0.05) is 28.1 Å². The average Bonchev–Trinajstić information content (AvgIpc) is 3.08. The number of hydrogen-bond acceptors (Lipinski definition) is 4. The molecule has 2 aromatic rings. The molecule has 6 heteroatoms. The van der Waals surface area contributed by atoms with Crippen LogP contribution >= 0.6 is 15.9 Å². The van der Waals surface area contributed by atoms with Gasteiger partial charge in [0.2, 0.25) is 0 Å². The predicted molar refractivity (Wildman–Crippen MR) is 113 cm³/mol. The number of nitrogens with zero attached hydrogens (tertiary/aromatic N) is 2. The minimum atomic E-state index is -0.327. The highest BCUT2D eigenvalue weighted by Gasteiger charge is 2.33. The normalized spacial score (nSPS) is 20.6. The molecule has 2 heterocycles. The van der Waals surface area contributed by atoms with Crippen molar-refractivity contribution in [3.05, 3.63) is 69.4 Å². The molecule has 29 heavy (non-hydrogen) atoms. The third kappa shape index (κ3) is 4.49. The van der Waals surface area contributed by atoms with Crippen molar-refractivity contribution in [2.24, 2.45) is 5.92 Å². The smallest absolute Gasteiger partial charge is 0.176 e. The first-order chi connectivity index (χ1) is 14.0. The van der Waals surface area contributed by atoms with Crippen LogP contribution in [0.1, 0.15) is 40.4 Å². The molecule has 1 fully saturated rings. The van der Waals surface area contributed by atoms with Crippen LogP contribution in [-0.2, 0) is 11.3 Å². The molecule has 2 aliphatic rings. The molecule has 0 amide bonds. The van der Waals surface area contributed by atoms with Gasteiger partial charge in [-0.3, -0.25) is 14.6 Å². The maximum Gasteiger partial charge on any atom is 0.176 e. The number of hydrogen-bond donors (Lipinski definition) is 0. The first-order valence-electron chi connectivity index (χ1n) is 10.0. The molecule has 0 saturated carbocycles. The lowest BCUT2D eigenvalue weighted by Gasteiger charge is -2.34. The fourth-order valence-corrected chi connectivity index (χ4v) is 4.95. The number of halogens is 2. The van der Waals surface area contributed by atoms with E-state index in [-0.39, 0.29) is 17.6 Å². The van der Waals surface area contributed by atoms with Crippen LogP contribution in [-0.4, -0.2) is 48.0 Å². The second kappa shape index (κ2) is 8.86. The number of carbonyl (C=O) groups excluding carboxylic acids is 2. The maximum atomic E-state index is 13.0. The van der Waals surface area contributed by atoms with Gasteiger partial charge in [0, 0.05) is 23.1 Å². The van der Waals surface area contributed by atoms with Crippen LogP contribution < -0.4 is 0 Å². The van der Waals surface area contributed by atoms with Crippen LogP contribution in [0.3, 0.4) is 0 Å². The summed E-state index contributed by atoms with van der Waals surface area (Å²) in [4.78, 5) is 28.6. The summed E-state index contributed by atoms with van der Waals surface area (Å²) in [7, 11) is 0. The molecule has 1 unspecified atom stereocenters. The summed E-state index contributed by atoms with van der Waals surface area (Å²) in [5, 5.41) is 0. The Morgan fingerprint density at radius 3 is 2.55 bits per heavy atom. The fourth-order valence-electron chi connectivity index (χ4n) is 4.44. The SMILES string of the molecule is O=CC1c2cccc(Br)c2CN1CC1CCN(CC(=O)c2ccc(F)cc2)CC1. The van der Waals surface area contributed by atoms with Gasteiger partial charge in [-0.05, 0) is 73.3 Å². The molecule has 2 aliphatic heterocycles. The van der Waals surface area contributed by atoms with Crippen LogP contribution in [0, 0.1) is 11.7 Å². The van der Waals surface area contributed by atoms with E-state index in [4.69, 9.17) is 0 Å². The molecule has 1 atom stereocenters. The minimum Gasteiger partial charge on any atom is -0.301 e. The van der Waals surface area contributed by atoms with E-state index < -0.39 is 0 Å². The number of rotatable bonds is 6. The zero-order chi connectivity index (χ0) is 20.4. The molecule has 4 rings (SSSR count). The molecule has 2 aromatic carbocycles. The second-order valence-corrected chi connectivity index (χ2v) is 8.82. The van der Waals surface area contributed by atoms with Crippen molar-refractivity contribution in [3.63, 3.8) is 0 Å². The third-order valence-electron chi connectivity index (χ3n) is 6.09. The number of ketones is 1. The summed E-state index contributed by atoms with van der Waals surface area (Å²) in [5.41, 5.74) is 2.88.